The van der Waals surface area contributed by atoms with Gasteiger partial charge in [-0.2, -0.15) is 0 Å². The second-order valence-corrected chi connectivity index (χ2v) is 3.33. The fourth-order valence-electron chi connectivity index (χ4n) is 1.67. The van der Waals surface area contributed by atoms with E-state index in [1.807, 2.05) is 0 Å². The lowest BCUT2D eigenvalue weighted by Gasteiger charge is -2.28. The van der Waals surface area contributed by atoms with Crippen molar-refractivity contribution in [3.05, 3.63) is 46.3 Å². The zero-order chi connectivity index (χ0) is 12.2. The van der Waals surface area contributed by atoms with E-state index >= 15 is 0 Å². The number of hydrogen-bond donors (Lipinski definition) is 0. The van der Waals surface area contributed by atoms with E-state index in [9.17, 15) is 10.1 Å². The van der Waals surface area contributed by atoms with Gasteiger partial charge in [0.05, 0.1) is 25.1 Å². The van der Waals surface area contributed by atoms with Crippen LogP contribution in [0.2, 0.25) is 0 Å². The van der Waals surface area contributed by atoms with Gasteiger partial charge in [0.1, 0.15) is 0 Å². The molecule has 0 bridgehead atoms. The van der Waals surface area contributed by atoms with Gasteiger partial charge < -0.3 is 9.47 Å². The number of nitro groups is 1. The number of ether oxygens (including phenoxy) is 2. The van der Waals surface area contributed by atoms with Crippen LogP contribution in [0.1, 0.15) is 13.3 Å². The van der Waals surface area contributed by atoms with Gasteiger partial charge in [0, 0.05) is 0 Å². The van der Waals surface area contributed by atoms with E-state index < -0.39 is 10.6 Å². The third-order valence-electron chi connectivity index (χ3n) is 2.44. The fraction of sp³-hybridized carbons (Fsp3) is 0.455. The largest absolute Gasteiger partial charge is 0.492 e. The molecule has 1 rings (SSSR count). The molecule has 0 amide bonds. The molecular formula is C11H15NO4. The van der Waals surface area contributed by atoms with Crippen LogP contribution in [-0.2, 0) is 9.47 Å². The predicted octanol–water partition coefficient (Wildman–Crippen LogP) is 2.04. The molecule has 0 aromatic rings. The lowest BCUT2D eigenvalue weighted by atomic mass is 9.95. The maximum Gasteiger partial charge on any atom is 0.386 e. The Hall–Kier alpha value is -1.62. The third-order valence-corrected chi connectivity index (χ3v) is 2.44. The first kappa shape index (κ1) is 12.4. The molecule has 0 aliphatic heterocycles. The Balaban J connectivity index is 3.17. The number of methoxy groups -OCH3 is 1. The lowest BCUT2D eigenvalue weighted by Crippen LogP contribution is -2.45. The monoisotopic (exact) mass is 225 g/mol. The number of rotatable bonds is 5. The summed E-state index contributed by atoms with van der Waals surface area (Å²) in [6.07, 6.45) is 5.02. The molecule has 1 atom stereocenters. The molecular weight excluding hydrogens is 210 g/mol. The molecule has 0 N–H and O–H groups in total. The standard InChI is InChI=1S/C11H15NO4/c1-4-9-6-7-10(15-3)11(8-9,12(13)14)16-5-2/h4,6-7H,1,5,8H2,2-3H3. The normalized spacial score (nSPS) is 24.4. The van der Waals surface area contributed by atoms with Gasteiger partial charge in [-0.1, -0.05) is 18.7 Å². The van der Waals surface area contributed by atoms with Crippen molar-refractivity contribution < 1.29 is 14.4 Å². The Bertz CT molecular complexity index is 359. The molecule has 0 saturated carbocycles. The van der Waals surface area contributed by atoms with Crippen LogP contribution in [0.5, 0.6) is 0 Å². The van der Waals surface area contributed by atoms with Gasteiger partial charge in [-0.15, -0.1) is 0 Å². The highest BCUT2D eigenvalue weighted by molar-refractivity contribution is 5.32. The van der Waals surface area contributed by atoms with Crippen LogP contribution < -0.4 is 0 Å². The topological polar surface area (TPSA) is 61.6 Å². The van der Waals surface area contributed by atoms with E-state index in [-0.39, 0.29) is 18.8 Å². The highest BCUT2D eigenvalue weighted by Gasteiger charge is 2.51. The zero-order valence-electron chi connectivity index (χ0n) is 9.43. The summed E-state index contributed by atoms with van der Waals surface area (Å²) in [5.41, 5.74) is -0.854. The zero-order valence-corrected chi connectivity index (χ0v) is 9.43. The van der Waals surface area contributed by atoms with Gasteiger partial charge in [-0.05, 0) is 18.6 Å². The quantitative estimate of drug-likeness (QED) is 0.408. The minimum atomic E-state index is -1.61. The molecule has 0 spiro atoms. The molecule has 5 nitrogen and oxygen atoms in total. The molecule has 0 aromatic heterocycles. The Labute approximate surface area is 94.2 Å². The van der Waals surface area contributed by atoms with Gasteiger partial charge in [-0.3, -0.25) is 10.1 Å². The highest BCUT2D eigenvalue weighted by Crippen LogP contribution is 2.34. The Morgan fingerprint density at radius 3 is 2.81 bits per heavy atom. The average molecular weight is 225 g/mol. The van der Waals surface area contributed by atoms with E-state index in [2.05, 4.69) is 6.58 Å². The fourth-order valence-corrected chi connectivity index (χ4v) is 1.67. The van der Waals surface area contributed by atoms with Crippen LogP contribution in [0.25, 0.3) is 0 Å². The van der Waals surface area contributed by atoms with Crippen molar-refractivity contribution in [1.29, 1.82) is 0 Å². The molecule has 0 radical (unpaired) electrons. The van der Waals surface area contributed by atoms with E-state index in [0.29, 0.717) is 0 Å². The van der Waals surface area contributed by atoms with E-state index in [1.165, 1.54) is 7.11 Å². The maximum absolute atomic E-state index is 11.2. The second kappa shape index (κ2) is 4.94. The van der Waals surface area contributed by atoms with Gasteiger partial charge in [-0.25, -0.2) is 0 Å². The van der Waals surface area contributed by atoms with E-state index in [0.717, 1.165) is 5.57 Å². The smallest absolute Gasteiger partial charge is 0.386 e. The van der Waals surface area contributed by atoms with Crippen LogP contribution in [0, 0.1) is 10.1 Å². The van der Waals surface area contributed by atoms with Crippen LogP contribution in [-0.4, -0.2) is 24.4 Å². The van der Waals surface area contributed by atoms with Crippen LogP contribution >= 0.6 is 0 Å². The average Bonchev–Trinajstić information content (AvgIpc) is 2.29. The number of allylic oxidation sites excluding steroid dienone is 3. The Morgan fingerprint density at radius 1 is 1.69 bits per heavy atom. The molecule has 0 saturated heterocycles. The Morgan fingerprint density at radius 2 is 2.38 bits per heavy atom. The summed E-state index contributed by atoms with van der Waals surface area (Å²) < 4.78 is 10.3. The molecule has 5 heteroatoms. The summed E-state index contributed by atoms with van der Waals surface area (Å²) >= 11 is 0. The van der Waals surface area contributed by atoms with Gasteiger partial charge in [0.2, 0.25) is 5.76 Å². The van der Waals surface area contributed by atoms with Crippen molar-refractivity contribution in [2.24, 2.45) is 0 Å². The van der Waals surface area contributed by atoms with Crippen molar-refractivity contribution in [3.8, 4) is 0 Å². The molecule has 0 aromatic carbocycles. The molecule has 1 aliphatic carbocycles. The summed E-state index contributed by atoms with van der Waals surface area (Å²) in [5, 5.41) is 11.2. The Kier molecular flexibility index (Phi) is 3.84. The molecule has 88 valence electrons. The predicted molar refractivity (Wildman–Crippen MR) is 59.3 cm³/mol. The second-order valence-electron chi connectivity index (χ2n) is 3.33. The van der Waals surface area contributed by atoms with Crippen LogP contribution in [0.3, 0.4) is 0 Å². The van der Waals surface area contributed by atoms with Crippen LogP contribution in [0.4, 0.5) is 0 Å². The first-order valence-electron chi connectivity index (χ1n) is 4.97. The molecule has 0 heterocycles. The lowest BCUT2D eigenvalue weighted by molar-refractivity contribution is -0.621. The van der Waals surface area contributed by atoms with Crippen molar-refractivity contribution in [3.63, 3.8) is 0 Å². The van der Waals surface area contributed by atoms with Crippen molar-refractivity contribution in [1.82, 2.24) is 0 Å². The SMILES string of the molecule is C=CC1=CC=C(OC)C(OCC)([N+](=O)[O-])C1. The van der Waals surface area contributed by atoms with Crippen LogP contribution in [0.15, 0.2) is 36.1 Å². The highest BCUT2D eigenvalue weighted by atomic mass is 16.7. The minimum Gasteiger partial charge on any atom is -0.492 e. The summed E-state index contributed by atoms with van der Waals surface area (Å²) in [7, 11) is 1.40. The first-order valence-corrected chi connectivity index (χ1v) is 4.97. The first-order chi connectivity index (χ1) is 7.60. The van der Waals surface area contributed by atoms with Crippen molar-refractivity contribution in [2.75, 3.05) is 13.7 Å². The maximum atomic E-state index is 11.2. The van der Waals surface area contributed by atoms with Crippen molar-refractivity contribution >= 4 is 0 Å². The summed E-state index contributed by atoms with van der Waals surface area (Å²) in [6, 6.07) is 0. The molecule has 16 heavy (non-hydrogen) atoms. The van der Waals surface area contributed by atoms with E-state index in [4.69, 9.17) is 9.47 Å². The van der Waals surface area contributed by atoms with Gasteiger partial charge >= 0.3 is 5.72 Å². The molecule has 0 fully saturated rings. The summed E-state index contributed by atoms with van der Waals surface area (Å²) in [4.78, 5) is 10.7. The molecule has 1 unspecified atom stereocenters. The minimum absolute atomic E-state index is 0.136. The van der Waals surface area contributed by atoms with Gasteiger partial charge in [0.15, 0.2) is 0 Å². The third kappa shape index (κ3) is 1.99. The van der Waals surface area contributed by atoms with Gasteiger partial charge in [0.25, 0.3) is 0 Å². The number of hydrogen-bond acceptors (Lipinski definition) is 4. The van der Waals surface area contributed by atoms with Crippen molar-refractivity contribution in [2.45, 2.75) is 19.1 Å². The summed E-state index contributed by atoms with van der Waals surface area (Å²) in [5.74, 6) is 0.213. The number of nitrogens with zero attached hydrogens (tertiary/aromatic N) is 1. The molecule has 1 aliphatic rings. The summed E-state index contributed by atoms with van der Waals surface area (Å²) in [6.45, 7) is 5.56. The van der Waals surface area contributed by atoms with E-state index in [1.54, 1.807) is 25.2 Å².